The van der Waals surface area contributed by atoms with Crippen molar-refractivity contribution in [2.24, 2.45) is 0 Å². The molecule has 0 radical (unpaired) electrons. The van der Waals surface area contributed by atoms with Gasteiger partial charge < -0.3 is 10.5 Å². The van der Waals surface area contributed by atoms with E-state index in [1.54, 1.807) is 0 Å². The molecule has 0 aromatic heterocycles. The Morgan fingerprint density at radius 1 is 1.20 bits per heavy atom. The minimum absolute atomic E-state index is 0.230. The summed E-state index contributed by atoms with van der Waals surface area (Å²) < 4.78 is 5.17. The molecule has 0 saturated carbocycles. The van der Waals surface area contributed by atoms with Gasteiger partial charge >= 0.3 is 5.97 Å². The topological polar surface area (TPSA) is 52.3 Å². The third-order valence-corrected chi connectivity index (χ3v) is 3.94. The highest BCUT2D eigenvalue weighted by Crippen LogP contribution is 2.36. The summed E-state index contributed by atoms with van der Waals surface area (Å²) in [4.78, 5) is 13.1. The molecule has 1 atom stereocenters. The molecular formula is C16H17NO2S. The number of ether oxygens (including phenoxy) is 1. The SMILES string of the molecule is CCOC(=O)C(Sc1cccc(N)c1)c1ccccc1. The van der Waals surface area contributed by atoms with Crippen molar-refractivity contribution in [3.63, 3.8) is 0 Å². The van der Waals surface area contributed by atoms with Crippen molar-refractivity contribution in [1.82, 2.24) is 0 Å². The van der Waals surface area contributed by atoms with Gasteiger partial charge in [-0.15, -0.1) is 11.8 Å². The molecule has 0 saturated heterocycles. The van der Waals surface area contributed by atoms with Crippen LogP contribution in [0.3, 0.4) is 0 Å². The fourth-order valence-corrected chi connectivity index (χ4v) is 2.91. The van der Waals surface area contributed by atoms with E-state index in [2.05, 4.69) is 0 Å². The van der Waals surface area contributed by atoms with Crippen molar-refractivity contribution in [2.45, 2.75) is 17.1 Å². The zero-order chi connectivity index (χ0) is 14.4. The Morgan fingerprint density at radius 3 is 2.60 bits per heavy atom. The largest absolute Gasteiger partial charge is 0.465 e. The second kappa shape index (κ2) is 7.01. The van der Waals surface area contributed by atoms with Crippen LogP contribution in [0.25, 0.3) is 0 Å². The van der Waals surface area contributed by atoms with E-state index < -0.39 is 0 Å². The number of benzene rings is 2. The summed E-state index contributed by atoms with van der Waals surface area (Å²) >= 11 is 1.45. The lowest BCUT2D eigenvalue weighted by molar-refractivity contribution is -0.142. The second-order valence-electron chi connectivity index (χ2n) is 4.23. The number of nitrogen functional groups attached to an aromatic ring is 1. The molecule has 0 aliphatic heterocycles. The predicted molar refractivity (Wildman–Crippen MR) is 82.5 cm³/mol. The van der Waals surface area contributed by atoms with E-state index in [9.17, 15) is 4.79 Å². The van der Waals surface area contributed by atoms with Gasteiger partial charge in [0.15, 0.2) is 0 Å². The Morgan fingerprint density at radius 2 is 1.95 bits per heavy atom. The van der Waals surface area contributed by atoms with Crippen LogP contribution in [0.5, 0.6) is 0 Å². The molecule has 0 spiro atoms. The number of thioether (sulfide) groups is 1. The van der Waals surface area contributed by atoms with Gasteiger partial charge in [0.25, 0.3) is 0 Å². The summed E-state index contributed by atoms with van der Waals surface area (Å²) in [5.41, 5.74) is 7.39. The highest BCUT2D eigenvalue weighted by molar-refractivity contribution is 8.00. The molecule has 0 amide bonds. The number of hydrogen-bond donors (Lipinski definition) is 1. The van der Waals surface area contributed by atoms with Gasteiger partial charge in [-0.1, -0.05) is 36.4 Å². The number of carbonyl (C=O) groups is 1. The minimum atomic E-state index is -0.377. The maximum Gasteiger partial charge on any atom is 0.323 e. The Balaban J connectivity index is 2.25. The summed E-state index contributed by atoms with van der Waals surface area (Å²) in [5, 5.41) is -0.377. The van der Waals surface area contributed by atoms with Gasteiger partial charge in [0, 0.05) is 10.6 Å². The first-order valence-electron chi connectivity index (χ1n) is 6.44. The van der Waals surface area contributed by atoms with Crippen molar-refractivity contribution in [1.29, 1.82) is 0 Å². The standard InChI is InChI=1S/C16H17NO2S/c1-2-19-16(18)15(12-7-4-3-5-8-12)20-14-10-6-9-13(17)11-14/h3-11,15H,2,17H2,1H3. The van der Waals surface area contributed by atoms with Gasteiger partial charge in [0.2, 0.25) is 0 Å². The summed E-state index contributed by atoms with van der Waals surface area (Å²) in [6, 6.07) is 17.1. The first-order valence-corrected chi connectivity index (χ1v) is 7.32. The molecule has 20 heavy (non-hydrogen) atoms. The molecule has 2 aromatic rings. The van der Waals surface area contributed by atoms with Crippen molar-refractivity contribution < 1.29 is 9.53 Å². The smallest absolute Gasteiger partial charge is 0.323 e. The number of nitrogens with two attached hydrogens (primary N) is 1. The molecule has 0 aliphatic carbocycles. The molecule has 2 rings (SSSR count). The molecular weight excluding hydrogens is 270 g/mol. The van der Waals surface area contributed by atoms with E-state index in [1.165, 1.54) is 11.8 Å². The summed E-state index contributed by atoms with van der Waals surface area (Å²) in [5.74, 6) is -0.230. The van der Waals surface area contributed by atoms with E-state index in [0.29, 0.717) is 12.3 Å². The van der Waals surface area contributed by atoms with Crippen LogP contribution in [0, 0.1) is 0 Å². The lowest BCUT2D eigenvalue weighted by Crippen LogP contribution is -2.13. The highest BCUT2D eigenvalue weighted by Gasteiger charge is 2.23. The van der Waals surface area contributed by atoms with Crippen molar-refractivity contribution >= 4 is 23.4 Å². The van der Waals surface area contributed by atoms with E-state index in [-0.39, 0.29) is 11.2 Å². The Labute approximate surface area is 123 Å². The highest BCUT2D eigenvalue weighted by atomic mass is 32.2. The lowest BCUT2D eigenvalue weighted by Gasteiger charge is -2.15. The number of esters is 1. The zero-order valence-electron chi connectivity index (χ0n) is 11.3. The first kappa shape index (κ1) is 14.5. The maximum absolute atomic E-state index is 12.2. The molecule has 2 N–H and O–H groups in total. The van der Waals surface area contributed by atoms with Crippen LogP contribution in [0.2, 0.25) is 0 Å². The number of anilines is 1. The fraction of sp³-hybridized carbons (Fsp3) is 0.188. The summed E-state index contributed by atoms with van der Waals surface area (Å²) in [6.45, 7) is 2.19. The Hall–Kier alpha value is -1.94. The van der Waals surface area contributed by atoms with Crippen LogP contribution in [-0.2, 0) is 9.53 Å². The van der Waals surface area contributed by atoms with Crippen LogP contribution < -0.4 is 5.73 Å². The zero-order valence-corrected chi connectivity index (χ0v) is 12.1. The van der Waals surface area contributed by atoms with Crippen molar-refractivity contribution in [2.75, 3.05) is 12.3 Å². The average Bonchev–Trinajstić information content (AvgIpc) is 2.46. The third-order valence-electron chi connectivity index (χ3n) is 2.72. The van der Waals surface area contributed by atoms with Crippen LogP contribution >= 0.6 is 11.8 Å². The first-order chi connectivity index (χ1) is 9.70. The number of rotatable bonds is 5. The van der Waals surface area contributed by atoms with E-state index >= 15 is 0 Å². The Kier molecular flexibility index (Phi) is 5.07. The molecule has 3 nitrogen and oxygen atoms in total. The van der Waals surface area contributed by atoms with Crippen LogP contribution in [0.4, 0.5) is 5.69 Å². The second-order valence-corrected chi connectivity index (χ2v) is 5.41. The van der Waals surface area contributed by atoms with Gasteiger partial charge in [-0.2, -0.15) is 0 Å². The summed E-state index contributed by atoms with van der Waals surface area (Å²) in [6.07, 6.45) is 0. The minimum Gasteiger partial charge on any atom is -0.465 e. The van der Waals surface area contributed by atoms with Gasteiger partial charge in [0.05, 0.1) is 6.61 Å². The van der Waals surface area contributed by atoms with Crippen LogP contribution in [-0.4, -0.2) is 12.6 Å². The molecule has 1 unspecified atom stereocenters. The normalized spacial score (nSPS) is 11.8. The predicted octanol–water partition coefficient (Wildman–Crippen LogP) is 3.67. The van der Waals surface area contributed by atoms with Crippen LogP contribution in [0.1, 0.15) is 17.7 Å². The molecule has 2 aromatic carbocycles. The van der Waals surface area contributed by atoms with Gasteiger partial charge in [-0.3, -0.25) is 4.79 Å². The molecule has 0 heterocycles. The molecule has 104 valence electrons. The van der Waals surface area contributed by atoms with E-state index in [1.807, 2.05) is 61.5 Å². The van der Waals surface area contributed by atoms with Crippen molar-refractivity contribution in [3.8, 4) is 0 Å². The van der Waals surface area contributed by atoms with Gasteiger partial charge in [-0.25, -0.2) is 0 Å². The van der Waals surface area contributed by atoms with Gasteiger partial charge in [-0.05, 0) is 30.7 Å². The molecule has 0 fully saturated rings. The Bertz CT molecular complexity index is 572. The molecule has 0 aliphatic rings. The van der Waals surface area contributed by atoms with E-state index in [0.717, 1.165) is 10.5 Å². The third kappa shape index (κ3) is 3.78. The van der Waals surface area contributed by atoms with E-state index in [4.69, 9.17) is 10.5 Å². The van der Waals surface area contributed by atoms with Crippen LogP contribution in [0.15, 0.2) is 59.5 Å². The average molecular weight is 287 g/mol. The van der Waals surface area contributed by atoms with Gasteiger partial charge in [0.1, 0.15) is 5.25 Å². The quantitative estimate of drug-likeness (QED) is 0.518. The monoisotopic (exact) mass is 287 g/mol. The summed E-state index contributed by atoms with van der Waals surface area (Å²) in [7, 11) is 0. The number of carbonyl (C=O) groups excluding carboxylic acids is 1. The number of hydrogen-bond acceptors (Lipinski definition) is 4. The van der Waals surface area contributed by atoms with Crippen molar-refractivity contribution in [3.05, 3.63) is 60.2 Å². The molecule has 4 heteroatoms. The lowest BCUT2D eigenvalue weighted by atomic mass is 10.1. The fourth-order valence-electron chi connectivity index (χ4n) is 1.82. The maximum atomic E-state index is 12.2. The molecule has 0 bridgehead atoms.